The second-order valence-electron chi connectivity index (χ2n) is 5.32. The maximum atomic E-state index is 12.3. The van der Waals surface area contributed by atoms with Crippen molar-refractivity contribution in [3.63, 3.8) is 0 Å². The number of nitro groups is 1. The molecule has 8 heteroatoms. The van der Waals surface area contributed by atoms with Gasteiger partial charge < -0.3 is 10.4 Å². The number of non-ortho nitro benzene ring substituents is 1. The third kappa shape index (κ3) is 3.63. The van der Waals surface area contributed by atoms with Gasteiger partial charge in [-0.3, -0.25) is 14.9 Å². The second kappa shape index (κ2) is 7.18. The Kier molecular flexibility index (Phi) is 4.98. The maximum absolute atomic E-state index is 12.3. The molecule has 0 saturated carbocycles. The van der Waals surface area contributed by atoms with Crippen molar-refractivity contribution in [3.05, 3.63) is 74.1 Å². The number of fused-ring (bicyclic) bond motifs is 1. The summed E-state index contributed by atoms with van der Waals surface area (Å²) in [5.74, 6) is -0.368. The van der Waals surface area contributed by atoms with E-state index in [0.717, 1.165) is 10.1 Å². The molecule has 1 unspecified atom stereocenters. The standard InChI is InChI=1S/C17H13ClN2O4S/c18-15-12-3-1-2-4-14(12)25-16(15)17(22)19-9-13(21)10-5-7-11(8-6-10)20(23)24/h1-8,13,21H,9H2,(H,19,22). The minimum Gasteiger partial charge on any atom is -0.387 e. The first-order valence-corrected chi connectivity index (χ1v) is 8.54. The number of rotatable bonds is 5. The number of carbonyl (C=O) groups is 1. The smallest absolute Gasteiger partial charge is 0.269 e. The summed E-state index contributed by atoms with van der Waals surface area (Å²) in [5.41, 5.74) is 0.422. The molecule has 128 valence electrons. The van der Waals surface area contributed by atoms with Crippen LogP contribution in [0.1, 0.15) is 21.3 Å². The number of aliphatic hydroxyl groups excluding tert-OH is 1. The third-order valence-electron chi connectivity index (χ3n) is 3.69. The summed E-state index contributed by atoms with van der Waals surface area (Å²) < 4.78 is 0.911. The Bertz CT molecular complexity index is 939. The SMILES string of the molecule is O=C(NCC(O)c1ccc([N+](=O)[O-])cc1)c1sc2ccccc2c1Cl. The van der Waals surface area contributed by atoms with E-state index in [0.29, 0.717) is 15.5 Å². The van der Waals surface area contributed by atoms with Gasteiger partial charge in [0.15, 0.2) is 0 Å². The van der Waals surface area contributed by atoms with Gasteiger partial charge in [0.05, 0.1) is 16.0 Å². The molecule has 0 bridgehead atoms. The van der Waals surface area contributed by atoms with Gasteiger partial charge in [-0.05, 0) is 23.8 Å². The number of halogens is 1. The van der Waals surface area contributed by atoms with Gasteiger partial charge in [-0.2, -0.15) is 0 Å². The highest BCUT2D eigenvalue weighted by atomic mass is 35.5. The van der Waals surface area contributed by atoms with E-state index >= 15 is 0 Å². The number of thiophene rings is 1. The van der Waals surface area contributed by atoms with Crippen molar-refractivity contribution in [1.82, 2.24) is 5.32 Å². The summed E-state index contributed by atoms with van der Waals surface area (Å²) in [6.45, 7) is -0.0266. The predicted octanol–water partition coefficient (Wildman–Crippen LogP) is 3.93. The molecule has 1 aromatic heterocycles. The van der Waals surface area contributed by atoms with E-state index in [9.17, 15) is 20.0 Å². The molecule has 1 amide bonds. The second-order valence-corrected chi connectivity index (χ2v) is 6.75. The Morgan fingerprint density at radius 2 is 1.92 bits per heavy atom. The Morgan fingerprint density at radius 1 is 1.24 bits per heavy atom. The van der Waals surface area contributed by atoms with Gasteiger partial charge in [-0.15, -0.1) is 11.3 Å². The number of nitro benzene ring substituents is 1. The number of benzene rings is 2. The van der Waals surface area contributed by atoms with Crippen molar-refractivity contribution in [2.24, 2.45) is 0 Å². The van der Waals surface area contributed by atoms with Crippen LogP contribution >= 0.6 is 22.9 Å². The lowest BCUT2D eigenvalue weighted by atomic mass is 10.1. The van der Waals surface area contributed by atoms with E-state index in [1.807, 2.05) is 24.3 Å². The fraction of sp³-hybridized carbons (Fsp3) is 0.118. The molecule has 1 heterocycles. The molecular formula is C17H13ClN2O4S. The molecule has 2 N–H and O–H groups in total. The molecular weight excluding hydrogens is 364 g/mol. The molecule has 0 radical (unpaired) electrons. The average Bonchev–Trinajstić information content (AvgIpc) is 2.96. The molecule has 3 rings (SSSR count). The minimum absolute atomic E-state index is 0.0266. The normalized spacial score (nSPS) is 12.1. The largest absolute Gasteiger partial charge is 0.387 e. The van der Waals surface area contributed by atoms with Crippen molar-refractivity contribution in [2.75, 3.05) is 6.54 Å². The van der Waals surface area contributed by atoms with Gasteiger partial charge in [0.25, 0.3) is 11.6 Å². The lowest BCUT2D eigenvalue weighted by Gasteiger charge is -2.11. The molecule has 0 spiro atoms. The quantitative estimate of drug-likeness (QED) is 0.521. The van der Waals surface area contributed by atoms with Crippen molar-refractivity contribution in [3.8, 4) is 0 Å². The van der Waals surface area contributed by atoms with Crippen molar-refractivity contribution in [2.45, 2.75) is 6.10 Å². The van der Waals surface area contributed by atoms with Crippen LogP contribution in [0.2, 0.25) is 5.02 Å². The van der Waals surface area contributed by atoms with Crippen LogP contribution in [-0.2, 0) is 0 Å². The van der Waals surface area contributed by atoms with Gasteiger partial charge in [-0.25, -0.2) is 0 Å². The van der Waals surface area contributed by atoms with Gasteiger partial charge >= 0.3 is 0 Å². The molecule has 3 aromatic rings. The maximum Gasteiger partial charge on any atom is 0.269 e. The fourth-order valence-electron chi connectivity index (χ4n) is 2.37. The first-order chi connectivity index (χ1) is 12.0. The summed E-state index contributed by atoms with van der Waals surface area (Å²) in [7, 11) is 0. The lowest BCUT2D eigenvalue weighted by molar-refractivity contribution is -0.384. The summed E-state index contributed by atoms with van der Waals surface area (Å²) in [6, 6.07) is 13.0. The van der Waals surface area contributed by atoms with Gasteiger partial charge in [-0.1, -0.05) is 29.8 Å². The molecule has 2 aromatic carbocycles. The number of nitrogens with one attached hydrogen (secondary N) is 1. The van der Waals surface area contributed by atoms with Gasteiger partial charge in [0, 0.05) is 28.8 Å². The summed E-state index contributed by atoms with van der Waals surface area (Å²) in [4.78, 5) is 22.8. The van der Waals surface area contributed by atoms with E-state index in [4.69, 9.17) is 11.6 Å². The zero-order chi connectivity index (χ0) is 18.0. The summed E-state index contributed by atoms with van der Waals surface area (Å²) >= 11 is 7.54. The molecule has 1 atom stereocenters. The monoisotopic (exact) mass is 376 g/mol. The van der Waals surface area contributed by atoms with Gasteiger partial charge in [0.2, 0.25) is 0 Å². The fourth-order valence-corrected chi connectivity index (χ4v) is 3.80. The first-order valence-electron chi connectivity index (χ1n) is 7.35. The zero-order valence-corrected chi connectivity index (χ0v) is 14.4. The Balaban J connectivity index is 1.68. The lowest BCUT2D eigenvalue weighted by Crippen LogP contribution is -2.27. The molecule has 0 aliphatic rings. The van der Waals surface area contributed by atoms with E-state index in [-0.39, 0.29) is 18.1 Å². The number of nitrogens with zero attached hydrogens (tertiary/aromatic N) is 1. The molecule has 0 aliphatic heterocycles. The van der Waals surface area contributed by atoms with Crippen LogP contribution in [0.15, 0.2) is 48.5 Å². The highest BCUT2D eigenvalue weighted by Crippen LogP contribution is 2.35. The van der Waals surface area contributed by atoms with Crippen LogP contribution in [0.5, 0.6) is 0 Å². The summed E-state index contributed by atoms with van der Waals surface area (Å²) in [6.07, 6.45) is -0.974. The zero-order valence-electron chi connectivity index (χ0n) is 12.8. The van der Waals surface area contributed by atoms with Crippen LogP contribution in [-0.4, -0.2) is 22.5 Å². The Labute approximate surface area is 151 Å². The molecule has 25 heavy (non-hydrogen) atoms. The number of hydrogen-bond acceptors (Lipinski definition) is 5. The van der Waals surface area contributed by atoms with Crippen molar-refractivity contribution < 1.29 is 14.8 Å². The number of amides is 1. The molecule has 0 saturated heterocycles. The van der Waals surface area contributed by atoms with Crippen LogP contribution in [0.25, 0.3) is 10.1 Å². The topological polar surface area (TPSA) is 92.5 Å². The van der Waals surface area contributed by atoms with E-state index in [1.54, 1.807) is 0 Å². The average molecular weight is 377 g/mol. The Hall–Kier alpha value is -2.48. The molecule has 6 nitrogen and oxygen atoms in total. The minimum atomic E-state index is -0.974. The highest BCUT2D eigenvalue weighted by molar-refractivity contribution is 7.21. The highest BCUT2D eigenvalue weighted by Gasteiger charge is 2.18. The van der Waals surface area contributed by atoms with E-state index in [1.165, 1.54) is 35.6 Å². The van der Waals surface area contributed by atoms with Crippen LogP contribution < -0.4 is 5.32 Å². The van der Waals surface area contributed by atoms with Crippen LogP contribution in [0.4, 0.5) is 5.69 Å². The van der Waals surface area contributed by atoms with Crippen LogP contribution in [0, 0.1) is 10.1 Å². The number of aliphatic hydroxyl groups is 1. The van der Waals surface area contributed by atoms with Crippen LogP contribution in [0.3, 0.4) is 0 Å². The third-order valence-corrected chi connectivity index (χ3v) is 5.36. The molecule has 0 aliphatic carbocycles. The molecule has 0 fully saturated rings. The van der Waals surface area contributed by atoms with E-state index in [2.05, 4.69) is 5.32 Å². The number of hydrogen-bond donors (Lipinski definition) is 2. The van der Waals surface area contributed by atoms with Gasteiger partial charge in [0.1, 0.15) is 4.88 Å². The van der Waals surface area contributed by atoms with Crippen molar-refractivity contribution in [1.29, 1.82) is 0 Å². The van der Waals surface area contributed by atoms with Crippen molar-refractivity contribution >= 4 is 44.6 Å². The van der Waals surface area contributed by atoms with E-state index < -0.39 is 11.0 Å². The first kappa shape index (κ1) is 17.3. The predicted molar refractivity (Wildman–Crippen MR) is 97.2 cm³/mol. The number of carbonyl (C=O) groups excluding carboxylic acids is 1. The summed E-state index contributed by atoms with van der Waals surface area (Å²) in [5, 5.41) is 24.6. The Morgan fingerprint density at radius 3 is 2.56 bits per heavy atom.